The fourth-order valence-electron chi connectivity index (χ4n) is 4.26. The van der Waals surface area contributed by atoms with E-state index in [1.54, 1.807) is 48.5 Å². The average molecular weight is 571 g/mol. The fraction of sp³-hybridized carbons (Fsp3) is 0.310. The van der Waals surface area contributed by atoms with Crippen LogP contribution in [0.3, 0.4) is 0 Å². The standard InChI is InChI=1S/C29H31O10P/c1-34-40(33,35-2)19-24-25(37-27(30)22-14-8-4-9-15-22)26(38-28(31)23-16-10-5-11-17-23)29(32,39-24)20-36-18-21-12-6-3-7-13-21/h3-17,24-26,32H,18-20H2,1-2H3/t24-,25+,26?,29+/m1/s1. The molecule has 3 aromatic rings. The van der Waals surface area contributed by atoms with Gasteiger partial charge in [0.1, 0.15) is 12.7 Å². The molecule has 0 aliphatic carbocycles. The molecule has 0 amide bonds. The van der Waals surface area contributed by atoms with E-state index < -0.39 is 56.4 Å². The van der Waals surface area contributed by atoms with Crippen LogP contribution in [0.15, 0.2) is 91.0 Å². The summed E-state index contributed by atoms with van der Waals surface area (Å²) in [6.45, 7) is -0.353. The highest BCUT2D eigenvalue weighted by Crippen LogP contribution is 2.50. The lowest BCUT2D eigenvalue weighted by Gasteiger charge is -2.29. The third kappa shape index (κ3) is 7.22. The van der Waals surface area contributed by atoms with Gasteiger partial charge >= 0.3 is 19.5 Å². The van der Waals surface area contributed by atoms with E-state index in [9.17, 15) is 19.3 Å². The van der Waals surface area contributed by atoms with Crippen LogP contribution in [0.1, 0.15) is 26.3 Å². The van der Waals surface area contributed by atoms with Crippen molar-refractivity contribution >= 4 is 19.5 Å². The number of carbonyl (C=O) groups excluding carboxylic acids is 2. The molecule has 1 heterocycles. The van der Waals surface area contributed by atoms with Crippen molar-refractivity contribution in [1.29, 1.82) is 0 Å². The number of rotatable bonds is 12. The van der Waals surface area contributed by atoms with Crippen molar-refractivity contribution in [3.8, 4) is 0 Å². The topological polar surface area (TPSA) is 127 Å². The molecule has 0 radical (unpaired) electrons. The van der Waals surface area contributed by atoms with Gasteiger partial charge in [0.05, 0.1) is 23.9 Å². The quantitative estimate of drug-likeness (QED) is 0.250. The van der Waals surface area contributed by atoms with Crippen LogP contribution in [0.5, 0.6) is 0 Å². The molecule has 1 saturated heterocycles. The molecule has 1 aliphatic rings. The first-order valence-corrected chi connectivity index (χ1v) is 14.2. The third-order valence-electron chi connectivity index (χ3n) is 6.34. The monoisotopic (exact) mass is 570 g/mol. The minimum atomic E-state index is -3.74. The zero-order valence-electron chi connectivity index (χ0n) is 22.1. The lowest BCUT2D eigenvalue weighted by molar-refractivity contribution is -0.252. The maximum absolute atomic E-state index is 13.1. The molecule has 1 N–H and O–H groups in total. The molecule has 0 bridgehead atoms. The number of esters is 2. The van der Waals surface area contributed by atoms with E-state index in [2.05, 4.69) is 0 Å². The Labute approximate surface area is 232 Å². The lowest BCUT2D eigenvalue weighted by atomic mass is 10.0. The Hall–Kier alpha value is -3.37. The first kappa shape index (κ1) is 29.6. The summed E-state index contributed by atoms with van der Waals surface area (Å²) >= 11 is 0. The zero-order chi connectivity index (χ0) is 28.6. The van der Waals surface area contributed by atoms with Gasteiger partial charge in [-0.1, -0.05) is 66.7 Å². The van der Waals surface area contributed by atoms with Gasteiger partial charge in [-0.3, -0.25) is 4.57 Å². The molecule has 40 heavy (non-hydrogen) atoms. The second-order valence-corrected chi connectivity index (χ2v) is 11.4. The first-order chi connectivity index (χ1) is 19.3. The Morgan fingerprint density at radius 1 is 0.825 bits per heavy atom. The van der Waals surface area contributed by atoms with Gasteiger partial charge in [-0.05, 0) is 29.8 Å². The van der Waals surface area contributed by atoms with Gasteiger partial charge in [0.15, 0.2) is 12.2 Å². The van der Waals surface area contributed by atoms with Crippen molar-refractivity contribution in [3.63, 3.8) is 0 Å². The molecular formula is C29H31O10P. The molecule has 1 aliphatic heterocycles. The predicted molar refractivity (Wildman–Crippen MR) is 144 cm³/mol. The number of hydrogen-bond acceptors (Lipinski definition) is 10. The number of aliphatic hydroxyl groups is 1. The SMILES string of the molecule is COP(=O)(C[C@H]1O[C@@](O)(COCc2ccccc2)C(OC(=O)c2ccccc2)[C@H]1OC(=O)c1ccccc1)OC. The van der Waals surface area contributed by atoms with Gasteiger partial charge in [-0.25, -0.2) is 9.59 Å². The minimum absolute atomic E-state index is 0.111. The summed E-state index contributed by atoms with van der Waals surface area (Å²) < 4.78 is 46.4. The highest BCUT2D eigenvalue weighted by Gasteiger charge is 2.60. The van der Waals surface area contributed by atoms with Crippen LogP contribution in [0, 0.1) is 0 Å². The van der Waals surface area contributed by atoms with E-state index in [1.807, 2.05) is 30.3 Å². The van der Waals surface area contributed by atoms with Crippen LogP contribution in [0.4, 0.5) is 0 Å². The molecule has 212 valence electrons. The third-order valence-corrected chi connectivity index (χ3v) is 8.26. The summed E-state index contributed by atoms with van der Waals surface area (Å²) in [6, 6.07) is 25.5. The molecule has 3 aromatic carbocycles. The molecule has 11 heteroatoms. The summed E-state index contributed by atoms with van der Waals surface area (Å²) in [5.41, 5.74) is 1.24. The van der Waals surface area contributed by atoms with Crippen LogP contribution in [-0.4, -0.2) is 68.1 Å². The van der Waals surface area contributed by atoms with E-state index in [0.717, 1.165) is 5.56 Å². The first-order valence-electron chi connectivity index (χ1n) is 12.5. The summed E-state index contributed by atoms with van der Waals surface area (Å²) in [5, 5.41) is 11.7. The normalized spacial score (nSPS) is 22.5. The Balaban J connectivity index is 1.66. The molecule has 4 atom stereocenters. The second kappa shape index (κ2) is 13.3. The highest BCUT2D eigenvalue weighted by atomic mass is 31.2. The molecule has 1 unspecified atom stereocenters. The predicted octanol–water partition coefficient (Wildman–Crippen LogP) is 4.23. The number of benzene rings is 3. The van der Waals surface area contributed by atoms with Crippen molar-refractivity contribution in [1.82, 2.24) is 0 Å². The summed E-state index contributed by atoms with van der Waals surface area (Å²) in [4.78, 5) is 26.2. The average Bonchev–Trinajstić information content (AvgIpc) is 3.23. The van der Waals surface area contributed by atoms with Crippen molar-refractivity contribution < 1.29 is 47.3 Å². The molecule has 4 rings (SSSR count). The van der Waals surface area contributed by atoms with Gasteiger partial charge in [0.2, 0.25) is 5.79 Å². The summed E-state index contributed by atoms with van der Waals surface area (Å²) in [5.74, 6) is -3.84. The number of carbonyl (C=O) groups is 2. The Bertz CT molecular complexity index is 1300. The van der Waals surface area contributed by atoms with Gasteiger partial charge in [0.25, 0.3) is 0 Å². The van der Waals surface area contributed by atoms with Crippen LogP contribution < -0.4 is 0 Å². The maximum atomic E-state index is 13.1. The lowest BCUT2D eigenvalue weighted by Crippen LogP contribution is -2.50. The van der Waals surface area contributed by atoms with Crippen LogP contribution in [0.2, 0.25) is 0 Å². The van der Waals surface area contributed by atoms with Gasteiger partial charge in [0, 0.05) is 14.2 Å². The van der Waals surface area contributed by atoms with Crippen LogP contribution in [0.25, 0.3) is 0 Å². The van der Waals surface area contributed by atoms with E-state index in [0.29, 0.717) is 0 Å². The molecule has 0 spiro atoms. The Morgan fingerprint density at radius 3 is 1.85 bits per heavy atom. The second-order valence-electron chi connectivity index (χ2n) is 9.07. The largest absolute Gasteiger partial charge is 0.452 e. The highest BCUT2D eigenvalue weighted by molar-refractivity contribution is 7.53. The molecular weight excluding hydrogens is 539 g/mol. The molecule has 10 nitrogen and oxygen atoms in total. The Morgan fingerprint density at radius 2 is 1.32 bits per heavy atom. The van der Waals surface area contributed by atoms with Gasteiger partial charge < -0.3 is 33.1 Å². The molecule has 1 fully saturated rings. The fourth-order valence-corrected chi connectivity index (χ4v) is 5.43. The van der Waals surface area contributed by atoms with Crippen molar-refractivity contribution in [2.24, 2.45) is 0 Å². The number of hydrogen-bond donors (Lipinski definition) is 1. The van der Waals surface area contributed by atoms with Crippen molar-refractivity contribution in [3.05, 3.63) is 108 Å². The van der Waals surface area contributed by atoms with E-state index in [-0.39, 0.29) is 17.7 Å². The van der Waals surface area contributed by atoms with E-state index in [1.165, 1.54) is 26.4 Å². The maximum Gasteiger partial charge on any atom is 0.338 e. The zero-order valence-corrected chi connectivity index (χ0v) is 23.0. The smallest absolute Gasteiger partial charge is 0.338 e. The summed E-state index contributed by atoms with van der Waals surface area (Å²) in [7, 11) is -1.34. The number of ether oxygens (including phenoxy) is 4. The van der Waals surface area contributed by atoms with Crippen molar-refractivity contribution in [2.45, 2.75) is 30.7 Å². The van der Waals surface area contributed by atoms with Crippen LogP contribution in [-0.2, 0) is 39.2 Å². The molecule has 0 saturated carbocycles. The van der Waals surface area contributed by atoms with E-state index in [4.69, 9.17) is 28.0 Å². The minimum Gasteiger partial charge on any atom is -0.452 e. The van der Waals surface area contributed by atoms with Gasteiger partial charge in [-0.15, -0.1) is 0 Å². The summed E-state index contributed by atoms with van der Waals surface area (Å²) in [6.07, 6.45) is -4.62. The molecule has 0 aromatic heterocycles. The van der Waals surface area contributed by atoms with Gasteiger partial charge in [-0.2, -0.15) is 0 Å². The van der Waals surface area contributed by atoms with Crippen LogP contribution >= 0.6 is 7.60 Å². The van der Waals surface area contributed by atoms with E-state index >= 15 is 0 Å². The Kier molecular flexibility index (Phi) is 9.86. The van der Waals surface area contributed by atoms with Crippen molar-refractivity contribution in [2.75, 3.05) is 27.0 Å².